The molecule has 0 saturated carbocycles. The zero-order chi connectivity index (χ0) is 17.5. The molecule has 0 fully saturated rings. The second-order valence-electron chi connectivity index (χ2n) is 4.61. The summed E-state index contributed by atoms with van der Waals surface area (Å²) in [5, 5.41) is 22.0. The maximum atomic E-state index is 11.9. The van der Waals surface area contributed by atoms with Crippen LogP contribution in [0.3, 0.4) is 0 Å². The molecule has 1 N–H and O–H groups in total. The first-order valence-corrected chi connectivity index (χ1v) is 6.78. The Bertz CT molecular complexity index is 796. The maximum Gasteiger partial charge on any atom is 0.273 e. The lowest BCUT2D eigenvalue weighted by atomic mass is 10.2. The van der Waals surface area contributed by atoms with Gasteiger partial charge in [0, 0.05) is 6.07 Å². The maximum absolute atomic E-state index is 11.9. The molecule has 8 heteroatoms. The number of methoxy groups -OCH3 is 1. The van der Waals surface area contributed by atoms with Gasteiger partial charge in [-0.1, -0.05) is 0 Å². The number of benzene rings is 2. The first-order chi connectivity index (χ1) is 11.5. The summed E-state index contributed by atoms with van der Waals surface area (Å²) < 4.78 is 10.3. The molecular weight excluding hydrogens is 314 g/mol. The SMILES string of the molecule is COc1cc([N+](=O)[O-])ccc1NC(=O)COc1ccc(C#N)cc1. The number of nitro groups is 1. The standard InChI is InChI=1S/C16H13N3O5/c1-23-15-8-12(19(21)22)4-7-14(15)18-16(20)10-24-13-5-2-11(9-17)3-6-13/h2-8H,10H2,1H3,(H,18,20). The van der Waals surface area contributed by atoms with Crippen molar-refractivity contribution in [1.82, 2.24) is 0 Å². The van der Waals surface area contributed by atoms with Crippen LogP contribution in [0.1, 0.15) is 5.56 Å². The second-order valence-corrected chi connectivity index (χ2v) is 4.61. The van der Waals surface area contributed by atoms with Gasteiger partial charge in [0.2, 0.25) is 0 Å². The lowest BCUT2D eigenvalue weighted by molar-refractivity contribution is -0.384. The van der Waals surface area contributed by atoms with Gasteiger partial charge in [-0.15, -0.1) is 0 Å². The van der Waals surface area contributed by atoms with Gasteiger partial charge in [-0.2, -0.15) is 5.26 Å². The largest absolute Gasteiger partial charge is 0.494 e. The Labute approximate surface area is 137 Å². The first kappa shape index (κ1) is 16.8. The number of nitrogens with one attached hydrogen (secondary N) is 1. The molecule has 0 aliphatic rings. The number of nitriles is 1. The number of nitro benzene ring substituents is 1. The Morgan fingerprint density at radius 1 is 1.29 bits per heavy atom. The summed E-state index contributed by atoms with van der Waals surface area (Å²) in [7, 11) is 1.35. The average molecular weight is 327 g/mol. The molecule has 0 aliphatic carbocycles. The average Bonchev–Trinajstić information content (AvgIpc) is 2.60. The van der Waals surface area contributed by atoms with Crippen LogP contribution in [0.5, 0.6) is 11.5 Å². The van der Waals surface area contributed by atoms with Crippen LogP contribution in [-0.2, 0) is 4.79 Å². The van der Waals surface area contributed by atoms with Crippen molar-refractivity contribution in [2.75, 3.05) is 19.0 Å². The van der Waals surface area contributed by atoms with E-state index in [2.05, 4.69) is 5.32 Å². The molecule has 0 atom stereocenters. The molecule has 0 bridgehead atoms. The lowest BCUT2D eigenvalue weighted by Gasteiger charge is -2.10. The van der Waals surface area contributed by atoms with E-state index < -0.39 is 10.8 Å². The third-order valence-electron chi connectivity index (χ3n) is 3.02. The van der Waals surface area contributed by atoms with E-state index in [0.717, 1.165) is 0 Å². The van der Waals surface area contributed by atoms with Crippen molar-refractivity contribution in [3.8, 4) is 17.6 Å². The highest BCUT2D eigenvalue weighted by Gasteiger charge is 2.13. The minimum atomic E-state index is -0.553. The number of carbonyl (C=O) groups excluding carboxylic acids is 1. The second kappa shape index (κ2) is 7.60. The van der Waals surface area contributed by atoms with Crippen LogP contribution < -0.4 is 14.8 Å². The third-order valence-corrected chi connectivity index (χ3v) is 3.02. The number of hydrogen-bond donors (Lipinski definition) is 1. The molecule has 2 aromatic rings. The molecule has 0 aliphatic heterocycles. The Kier molecular flexibility index (Phi) is 5.31. The van der Waals surface area contributed by atoms with Crippen LogP contribution in [0, 0.1) is 21.4 Å². The highest BCUT2D eigenvalue weighted by atomic mass is 16.6. The smallest absolute Gasteiger partial charge is 0.273 e. The molecule has 2 aromatic carbocycles. The first-order valence-electron chi connectivity index (χ1n) is 6.78. The quantitative estimate of drug-likeness (QED) is 0.644. The summed E-state index contributed by atoms with van der Waals surface area (Å²) in [5.41, 5.74) is 0.651. The zero-order valence-electron chi connectivity index (χ0n) is 12.7. The molecule has 0 spiro atoms. The number of rotatable bonds is 6. The third kappa shape index (κ3) is 4.20. The monoisotopic (exact) mass is 327 g/mol. The topological polar surface area (TPSA) is 114 Å². The predicted octanol–water partition coefficient (Wildman–Crippen LogP) is 2.49. The molecule has 0 saturated heterocycles. The highest BCUT2D eigenvalue weighted by molar-refractivity contribution is 5.93. The number of amides is 1. The molecule has 24 heavy (non-hydrogen) atoms. The Morgan fingerprint density at radius 3 is 2.58 bits per heavy atom. The number of ether oxygens (including phenoxy) is 2. The summed E-state index contributed by atoms with van der Waals surface area (Å²) in [5.74, 6) is 0.169. The fourth-order valence-electron chi connectivity index (χ4n) is 1.86. The lowest BCUT2D eigenvalue weighted by Crippen LogP contribution is -2.20. The summed E-state index contributed by atoms with van der Waals surface area (Å²) in [4.78, 5) is 22.1. The van der Waals surface area contributed by atoms with Gasteiger partial charge in [-0.25, -0.2) is 0 Å². The fourth-order valence-corrected chi connectivity index (χ4v) is 1.86. The van der Waals surface area contributed by atoms with Gasteiger partial charge in [0.25, 0.3) is 11.6 Å². The molecular formula is C16H13N3O5. The minimum Gasteiger partial charge on any atom is -0.494 e. The highest BCUT2D eigenvalue weighted by Crippen LogP contribution is 2.28. The molecule has 0 unspecified atom stereocenters. The molecule has 0 heterocycles. The molecule has 1 amide bonds. The molecule has 0 radical (unpaired) electrons. The molecule has 122 valence electrons. The van der Waals surface area contributed by atoms with Crippen LogP contribution >= 0.6 is 0 Å². The van der Waals surface area contributed by atoms with Gasteiger partial charge in [0.15, 0.2) is 6.61 Å². The number of carbonyl (C=O) groups is 1. The zero-order valence-corrected chi connectivity index (χ0v) is 12.7. The van der Waals surface area contributed by atoms with E-state index in [-0.39, 0.29) is 18.0 Å². The predicted molar refractivity (Wildman–Crippen MR) is 84.9 cm³/mol. The Morgan fingerprint density at radius 2 is 2.00 bits per heavy atom. The van der Waals surface area contributed by atoms with E-state index in [4.69, 9.17) is 14.7 Å². The van der Waals surface area contributed by atoms with Crippen LogP contribution in [0.15, 0.2) is 42.5 Å². The molecule has 8 nitrogen and oxygen atoms in total. The van der Waals surface area contributed by atoms with Gasteiger partial charge < -0.3 is 14.8 Å². The van der Waals surface area contributed by atoms with E-state index in [1.807, 2.05) is 6.07 Å². The van der Waals surface area contributed by atoms with Crippen molar-refractivity contribution in [1.29, 1.82) is 5.26 Å². The van der Waals surface area contributed by atoms with Crippen LogP contribution in [0.4, 0.5) is 11.4 Å². The van der Waals surface area contributed by atoms with E-state index in [1.54, 1.807) is 24.3 Å². The summed E-state index contributed by atoms with van der Waals surface area (Å²) in [6, 6.07) is 12.2. The fraction of sp³-hybridized carbons (Fsp3) is 0.125. The van der Waals surface area contributed by atoms with Crippen molar-refractivity contribution in [3.05, 3.63) is 58.1 Å². The summed E-state index contributed by atoms with van der Waals surface area (Å²) >= 11 is 0. The van der Waals surface area contributed by atoms with E-state index in [9.17, 15) is 14.9 Å². The Hall–Kier alpha value is -3.60. The van der Waals surface area contributed by atoms with Crippen LogP contribution in [0.2, 0.25) is 0 Å². The van der Waals surface area contributed by atoms with Gasteiger partial charge in [-0.3, -0.25) is 14.9 Å². The van der Waals surface area contributed by atoms with E-state index in [0.29, 0.717) is 17.0 Å². The van der Waals surface area contributed by atoms with Crippen LogP contribution in [0.25, 0.3) is 0 Å². The number of anilines is 1. The van der Waals surface area contributed by atoms with Crippen LogP contribution in [-0.4, -0.2) is 24.5 Å². The van der Waals surface area contributed by atoms with Crippen molar-refractivity contribution in [2.45, 2.75) is 0 Å². The Balaban J connectivity index is 1.99. The van der Waals surface area contributed by atoms with Crippen molar-refractivity contribution < 1.29 is 19.2 Å². The van der Waals surface area contributed by atoms with Crippen molar-refractivity contribution >= 4 is 17.3 Å². The number of hydrogen-bond acceptors (Lipinski definition) is 6. The van der Waals surface area contributed by atoms with Gasteiger partial charge >= 0.3 is 0 Å². The summed E-state index contributed by atoms with van der Waals surface area (Å²) in [6.07, 6.45) is 0. The van der Waals surface area contributed by atoms with Gasteiger partial charge in [-0.05, 0) is 30.3 Å². The number of nitrogens with zero attached hydrogens (tertiary/aromatic N) is 2. The van der Waals surface area contributed by atoms with Crippen molar-refractivity contribution in [2.24, 2.45) is 0 Å². The molecule has 2 rings (SSSR count). The molecule has 0 aromatic heterocycles. The summed E-state index contributed by atoms with van der Waals surface area (Å²) in [6.45, 7) is -0.258. The van der Waals surface area contributed by atoms with E-state index >= 15 is 0 Å². The normalized spacial score (nSPS) is 9.67. The number of non-ortho nitro benzene ring substituents is 1. The van der Waals surface area contributed by atoms with Gasteiger partial charge in [0.1, 0.15) is 11.5 Å². The van der Waals surface area contributed by atoms with Gasteiger partial charge in [0.05, 0.1) is 35.4 Å². The minimum absolute atomic E-state index is 0.140. The van der Waals surface area contributed by atoms with Crippen molar-refractivity contribution in [3.63, 3.8) is 0 Å². The van der Waals surface area contributed by atoms with E-state index in [1.165, 1.54) is 25.3 Å².